The van der Waals surface area contributed by atoms with Gasteiger partial charge in [-0.25, -0.2) is 10.9 Å². The molecule has 2 atom stereocenters. The quantitative estimate of drug-likeness (QED) is 0.757. The molecule has 1 fully saturated rings. The summed E-state index contributed by atoms with van der Waals surface area (Å²) in [7, 11) is 1.64. The Hall–Kier alpha value is -2.77. The van der Waals surface area contributed by atoms with Crippen LogP contribution in [-0.2, 0) is 11.3 Å². The number of nitrogens with one attached hydrogen (secondary N) is 3. The average molecular weight is 355 g/mol. The van der Waals surface area contributed by atoms with E-state index in [4.69, 9.17) is 14.2 Å². The van der Waals surface area contributed by atoms with Gasteiger partial charge in [0.05, 0.1) is 7.11 Å². The van der Waals surface area contributed by atoms with Crippen LogP contribution in [0, 0.1) is 0 Å². The van der Waals surface area contributed by atoms with E-state index in [0.29, 0.717) is 13.0 Å². The van der Waals surface area contributed by atoms with E-state index in [1.807, 2.05) is 42.5 Å². The predicted molar refractivity (Wildman–Crippen MR) is 94.8 cm³/mol. The first-order valence-corrected chi connectivity index (χ1v) is 8.54. The number of carbonyl (C=O) groups is 1. The van der Waals surface area contributed by atoms with Crippen LogP contribution in [-0.4, -0.2) is 25.9 Å². The van der Waals surface area contributed by atoms with Crippen LogP contribution >= 0.6 is 0 Å². The molecule has 7 nitrogen and oxygen atoms in total. The van der Waals surface area contributed by atoms with Gasteiger partial charge in [0.15, 0.2) is 11.5 Å². The van der Waals surface area contributed by atoms with Gasteiger partial charge in [-0.1, -0.05) is 18.2 Å². The van der Waals surface area contributed by atoms with E-state index < -0.39 is 0 Å². The minimum atomic E-state index is -0.291. The van der Waals surface area contributed by atoms with E-state index in [1.54, 1.807) is 7.11 Å². The second-order valence-electron chi connectivity index (χ2n) is 6.31. The summed E-state index contributed by atoms with van der Waals surface area (Å²) in [6.07, 6.45) is 0.667. The van der Waals surface area contributed by atoms with Crippen molar-refractivity contribution in [2.45, 2.75) is 25.0 Å². The molecule has 7 heteroatoms. The minimum absolute atomic E-state index is 0.0411. The molecule has 4 rings (SSSR count). The molecule has 1 amide bonds. The molecule has 2 aromatic carbocycles. The highest BCUT2D eigenvalue weighted by Gasteiger charge is 2.30. The second kappa shape index (κ2) is 7.23. The van der Waals surface area contributed by atoms with Crippen molar-refractivity contribution in [3.8, 4) is 17.2 Å². The van der Waals surface area contributed by atoms with Gasteiger partial charge in [-0.05, 0) is 41.8 Å². The molecule has 2 unspecified atom stereocenters. The third kappa shape index (κ3) is 3.44. The minimum Gasteiger partial charge on any atom is -0.497 e. The van der Waals surface area contributed by atoms with Crippen LogP contribution in [0.5, 0.6) is 17.2 Å². The van der Waals surface area contributed by atoms with Crippen LogP contribution in [0.25, 0.3) is 0 Å². The molecule has 3 N–H and O–H groups in total. The van der Waals surface area contributed by atoms with Gasteiger partial charge in [0.25, 0.3) is 0 Å². The third-order valence-corrected chi connectivity index (χ3v) is 4.62. The second-order valence-corrected chi connectivity index (χ2v) is 6.31. The highest BCUT2D eigenvalue weighted by molar-refractivity contribution is 5.82. The molecule has 0 radical (unpaired) electrons. The van der Waals surface area contributed by atoms with Crippen molar-refractivity contribution < 1.29 is 19.0 Å². The fourth-order valence-electron chi connectivity index (χ4n) is 3.17. The lowest BCUT2D eigenvalue weighted by molar-refractivity contribution is -0.123. The summed E-state index contributed by atoms with van der Waals surface area (Å²) in [6.45, 7) is 0.686. The van der Waals surface area contributed by atoms with Gasteiger partial charge in [0.1, 0.15) is 11.8 Å². The molecular weight excluding hydrogens is 334 g/mol. The Morgan fingerprint density at radius 1 is 1.19 bits per heavy atom. The number of fused-ring (bicyclic) bond motifs is 1. The zero-order valence-electron chi connectivity index (χ0n) is 14.5. The number of hydrogen-bond donors (Lipinski definition) is 3. The van der Waals surface area contributed by atoms with E-state index in [9.17, 15) is 4.79 Å². The first-order chi connectivity index (χ1) is 12.7. The number of hydrazine groups is 1. The normalized spacial score (nSPS) is 20.8. The molecule has 136 valence electrons. The molecule has 2 aliphatic rings. The SMILES string of the molecule is COc1cccc(C2CC(C(=O)NCc3ccc4c(c3)OCO4)NN2)c1. The monoisotopic (exact) mass is 355 g/mol. The Balaban J connectivity index is 1.33. The first-order valence-electron chi connectivity index (χ1n) is 8.54. The summed E-state index contributed by atoms with van der Waals surface area (Å²) < 4.78 is 15.9. The van der Waals surface area contributed by atoms with Crippen LogP contribution < -0.4 is 30.4 Å². The Kier molecular flexibility index (Phi) is 4.64. The summed E-state index contributed by atoms with van der Waals surface area (Å²) >= 11 is 0. The molecule has 26 heavy (non-hydrogen) atoms. The third-order valence-electron chi connectivity index (χ3n) is 4.62. The molecule has 2 heterocycles. The van der Waals surface area contributed by atoms with Gasteiger partial charge in [0.2, 0.25) is 12.7 Å². The topological polar surface area (TPSA) is 80.9 Å². The first kappa shape index (κ1) is 16.7. The Labute approximate surface area is 151 Å². The number of rotatable bonds is 5. The summed E-state index contributed by atoms with van der Waals surface area (Å²) in [4.78, 5) is 12.5. The lowest BCUT2D eigenvalue weighted by Gasteiger charge is -2.12. The van der Waals surface area contributed by atoms with Gasteiger partial charge in [-0.2, -0.15) is 0 Å². The van der Waals surface area contributed by atoms with Crippen molar-refractivity contribution in [2.24, 2.45) is 0 Å². The highest BCUT2D eigenvalue weighted by Crippen LogP contribution is 2.32. The lowest BCUT2D eigenvalue weighted by Crippen LogP contribution is -2.42. The van der Waals surface area contributed by atoms with Crippen LogP contribution in [0.15, 0.2) is 42.5 Å². The average Bonchev–Trinajstić information content (AvgIpc) is 3.35. The Morgan fingerprint density at radius 2 is 2.08 bits per heavy atom. The molecule has 2 aliphatic heterocycles. The van der Waals surface area contributed by atoms with E-state index in [2.05, 4.69) is 16.2 Å². The summed E-state index contributed by atoms with van der Waals surface area (Å²) in [5, 5.41) is 2.96. The van der Waals surface area contributed by atoms with Crippen molar-refractivity contribution in [1.29, 1.82) is 0 Å². The number of carbonyl (C=O) groups excluding carboxylic acids is 1. The largest absolute Gasteiger partial charge is 0.497 e. The molecule has 0 aromatic heterocycles. The molecule has 0 aliphatic carbocycles. The van der Waals surface area contributed by atoms with E-state index >= 15 is 0 Å². The smallest absolute Gasteiger partial charge is 0.238 e. The highest BCUT2D eigenvalue weighted by atomic mass is 16.7. The number of ether oxygens (including phenoxy) is 3. The molecule has 1 saturated heterocycles. The van der Waals surface area contributed by atoms with Crippen LogP contribution in [0.1, 0.15) is 23.6 Å². The van der Waals surface area contributed by atoms with Gasteiger partial charge in [-0.15, -0.1) is 0 Å². The zero-order valence-corrected chi connectivity index (χ0v) is 14.5. The molecular formula is C19H21N3O4. The number of benzene rings is 2. The van der Waals surface area contributed by atoms with Gasteiger partial charge >= 0.3 is 0 Å². The van der Waals surface area contributed by atoms with E-state index in [-0.39, 0.29) is 24.8 Å². The van der Waals surface area contributed by atoms with Crippen molar-refractivity contribution >= 4 is 5.91 Å². The van der Waals surface area contributed by atoms with Crippen LogP contribution in [0.2, 0.25) is 0 Å². The van der Waals surface area contributed by atoms with Crippen molar-refractivity contribution in [3.63, 3.8) is 0 Å². The maximum Gasteiger partial charge on any atom is 0.238 e. The fraction of sp³-hybridized carbons (Fsp3) is 0.316. The standard InChI is InChI=1S/C19H21N3O4/c1-24-14-4-2-3-13(8-14)15-9-16(22-21-15)19(23)20-10-12-5-6-17-18(7-12)26-11-25-17/h2-8,15-16,21-22H,9-11H2,1H3,(H,20,23). The molecule has 0 bridgehead atoms. The molecule has 2 aromatic rings. The van der Waals surface area contributed by atoms with Crippen LogP contribution in [0.4, 0.5) is 0 Å². The van der Waals surface area contributed by atoms with Crippen LogP contribution in [0.3, 0.4) is 0 Å². The summed E-state index contributed by atoms with van der Waals surface area (Å²) in [6, 6.07) is 13.3. The number of methoxy groups -OCH3 is 1. The zero-order chi connectivity index (χ0) is 17.9. The van der Waals surface area contributed by atoms with E-state index in [1.165, 1.54) is 0 Å². The van der Waals surface area contributed by atoms with Crippen molar-refractivity contribution in [2.75, 3.05) is 13.9 Å². The maximum absolute atomic E-state index is 12.5. The Bertz CT molecular complexity index is 811. The molecule has 0 spiro atoms. The summed E-state index contributed by atoms with van der Waals surface area (Å²) in [5.74, 6) is 2.22. The van der Waals surface area contributed by atoms with Crippen molar-refractivity contribution in [1.82, 2.24) is 16.2 Å². The Morgan fingerprint density at radius 3 is 2.96 bits per heavy atom. The maximum atomic E-state index is 12.5. The van der Waals surface area contributed by atoms with Crippen molar-refractivity contribution in [3.05, 3.63) is 53.6 Å². The van der Waals surface area contributed by atoms with Gasteiger partial charge in [-0.3, -0.25) is 4.79 Å². The van der Waals surface area contributed by atoms with Gasteiger partial charge in [0, 0.05) is 12.6 Å². The lowest BCUT2D eigenvalue weighted by atomic mass is 10.0. The van der Waals surface area contributed by atoms with Gasteiger partial charge < -0.3 is 19.5 Å². The summed E-state index contributed by atoms with van der Waals surface area (Å²) in [5.41, 5.74) is 8.31. The number of amides is 1. The fourth-order valence-corrected chi connectivity index (χ4v) is 3.17. The molecule has 0 saturated carbocycles. The van der Waals surface area contributed by atoms with E-state index in [0.717, 1.165) is 28.4 Å². The predicted octanol–water partition coefficient (Wildman–Crippen LogP) is 1.65. The number of hydrogen-bond acceptors (Lipinski definition) is 6.